The number of carbonyl (C=O) groups excluding carboxylic acids is 1. The second-order valence-electron chi connectivity index (χ2n) is 8.28. The van der Waals surface area contributed by atoms with Crippen molar-refractivity contribution in [2.75, 3.05) is 52.1 Å². The number of rotatable bonds is 9. The van der Waals surface area contributed by atoms with E-state index >= 15 is 0 Å². The number of nitrogens with zero attached hydrogens (tertiary/aromatic N) is 4. The number of benzene rings is 1. The summed E-state index contributed by atoms with van der Waals surface area (Å²) in [6.07, 6.45) is 1.20. The normalized spacial score (nSPS) is 15.5. The Morgan fingerprint density at radius 1 is 1.15 bits per heavy atom. The molecule has 12 heteroatoms. The summed E-state index contributed by atoms with van der Waals surface area (Å²) in [6, 6.07) is 5.67. The van der Waals surface area contributed by atoms with Crippen LogP contribution in [0.15, 0.2) is 29.1 Å². The van der Waals surface area contributed by atoms with Crippen molar-refractivity contribution in [2.24, 2.45) is 7.05 Å². The van der Waals surface area contributed by atoms with Gasteiger partial charge in [-0.25, -0.2) is 9.37 Å². The maximum atomic E-state index is 13.0. The van der Waals surface area contributed by atoms with Crippen LogP contribution in [0, 0.1) is 5.82 Å². The third-order valence-electron chi connectivity index (χ3n) is 5.84. The Hall–Kier alpha value is -1.45. The van der Waals surface area contributed by atoms with Gasteiger partial charge in [0.05, 0.1) is 7.80 Å². The maximum Gasteiger partial charge on any atom is 0.296 e. The van der Waals surface area contributed by atoms with Crippen molar-refractivity contribution in [3.8, 4) is 5.75 Å². The largest absolute Gasteiger partial charge is 0.501 e. The topological polar surface area (TPSA) is 108 Å². The average molecular weight is 568 g/mol. The van der Waals surface area contributed by atoms with Crippen LogP contribution >= 0.6 is 7.80 Å². The third-order valence-corrected chi connectivity index (χ3v) is 6.77. The molecule has 1 aromatic carbocycles. The fourth-order valence-electron chi connectivity index (χ4n) is 3.69. The van der Waals surface area contributed by atoms with Gasteiger partial charge in [0, 0.05) is 98.2 Å². The summed E-state index contributed by atoms with van der Waals surface area (Å²) in [5.41, 5.74) is -0.305. The van der Waals surface area contributed by atoms with E-state index in [1.165, 1.54) is 23.7 Å². The molecule has 3 rings (SSSR count). The Labute approximate surface area is 224 Å². The first-order chi connectivity index (χ1) is 15.7. The number of aromatic nitrogens is 2. The molecule has 2 N–H and O–H groups in total. The van der Waals surface area contributed by atoms with Gasteiger partial charge < -0.3 is 24.8 Å². The van der Waals surface area contributed by atoms with Crippen LogP contribution in [0.25, 0.3) is 0 Å². The number of halogens is 1. The number of hydrogen-bond acceptors (Lipinski definition) is 7. The van der Waals surface area contributed by atoms with Gasteiger partial charge in [-0.3, -0.25) is 14.2 Å². The van der Waals surface area contributed by atoms with Crippen molar-refractivity contribution in [1.82, 2.24) is 24.7 Å². The van der Waals surface area contributed by atoms with Crippen LogP contribution in [0.5, 0.6) is 5.75 Å². The minimum absolute atomic E-state index is 0. The summed E-state index contributed by atoms with van der Waals surface area (Å²) in [7, 11) is 0.0719. The van der Waals surface area contributed by atoms with Crippen LogP contribution in [-0.2, 0) is 57.3 Å². The first-order valence-corrected chi connectivity index (χ1v) is 13.1. The van der Waals surface area contributed by atoms with Gasteiger partial charge in [-0.15, -0.1) is 0 Å². The van der Waals surface area contributed by atoms with Crippen molar-refractivity contribution >= 4 is 13.7 Å². The average Bonchev–Trinajstić information content (AvgIpc) is 2.81. The molecule has 2 aromatic rings. The van der Waals surface area contributed by atoms with E-state index in [4.69, 9.17) is 0 Å². The number of hydrogen-bond donors (Lipinski definition) is 2. The molecule has 0 aliphatic carbocycles. The van der Waals surface area contributed by atoms with Crippen LogP contribution in [0.1, 0.15) is 21.9 Å². The zero-order valence-electron chi connectivity index (χ0n) is 19.6. The van der Waals surface area contributed by atoms with E-state index in [0.29, 0.717) is 24.4 Å². The molecule has 1 aliphatic rings. The second kappa shape index (κ2) is 13.6. The molecular weight excluding hydrogens is 537 g/mol. The molecule has 1 atom stereocenters. The molecule has 1 aromatic heterocycles. The molecule has 1 fully saturated rings. The minimum atomic E-state index is -1.45. The Morgan fingerprint density at radius 3 is 2.32 bits per heavy atom. The number of piperazine rings is 1. The van der Waals surface area contributed by atoms with Crippen LogP contribution in [0.4, 0.5) is 4.39 Å². The Bertz CT molecular complexity index is 1060. The summed E-state index contributed by atoms with van der Waals surface area (Å²) in [5, 5.41) is 12.8. The maximum absolute atomic E-state index is 13.0. The van der Waals surface area contributed by atoms with Crippen molar-refractivity contribution in [1.29, 1.82) is 0 Å². The fourth-order valence-corrected chi connectivity index (χ4v) is 4.33. The van der Waals surface area contributed by atoms with Crippen LogP contribution in [-0.4, -0.2) is 82.5 Å². The summed E-state index contributed by atoms with van der Waals surface area (Å²) >= 11 is 0. The zero-order chi connectivity index (χ0) is 24.0. The van der Waals surface area contributed by atoms with Gasteiger partial charge in [0.25, 0.3) is 11.5 Å². The predicted molar refractivity (Wildman–Crippen MR) is 125 cm³/mol. The number of aromatic hydroxyl groups is 1. The smallest absolute Gasteiger partial charge is 0.296 e. The van der Waals surface area contributed by atoms with Crippen molar-refractivity contribution in [3.63, 3.8) is 0 Å². The van der Waals surface area contributed by atoms with Crippen molar-refractivity contribution in [3.05, 3.63) is 57.5 Å². The first-order valence-electron chi connectivity index (χ1n) is 11.0. The van der Waals surface area contributed by atoms with Gasteiger partial charge in [-0.2, -0.15) is 0 Å². The van der Waals surface area contributed by atoms with Gasteiger partial charge in [-0.05, 0) is 24.4 Å². The Morgan fingerprint density at radius 2 is 1.74 bits per heavy atom. The van der Waals surface area contributed by atoms with Crippen LogP contribution in [0.3, 0.4) is 0 Å². The van der Waals surface area contributed by atoms with E-state index in [9.17, 15) is 23.7 Å². The van der Waals surface area contributed by atoms with Gasteiger partial charge in [0.15, 0.2) is 5.69 Å². The molecule has 9 nitrogen and oxygen atoms in total. The van der Waals surface area contributed by atoms with E-state index in [1.807, 2.05) is 0 Å². The summed E-state index contributed by atoms with van der Waals surface area (Å²) in [6.45, 7) is 6.94. The number of carbonyl (C=O) groups is 1. The molecule has 1 unspecified atom stereocenters. The van der Waals surface area contributed by atoms with Gasteiger partial charge in [0.1, 0.15) is 11.6 Å². The molecule has 1 radical (unpaired) electrons. The molecule has 2 heterocycles. The number of amides is 1. The molecule has 0 bridgehead atoms. The molecule has 1 aliphatic heterocycles. The van der Waals surface area contributed by atoms with Crippen LogP contribution in [0.2, 0.25) is 0 Å². The quantitative estimate of drug-likeness (QED) is 0.433. The third kappa shape index (κ3) is 8.06. The summed E-state index contributed by atoms with van der Waals surface area (Å²) in [5.74, 6) is -1.32. The van der Waals surface area contributed by atoms with E-state index in [-0.39, 0.29) is 50.8 Å². The molecule has 183 valence electrons. The second-order valence-corrected chi connectivity index (χ2v) is 10.2. The summed E-state index contributed by atoms with van der Waals surface area (Å²) in [4.78, 5) is 33.9. The standard InChI is InChI=1S/C22H31FN5O4P.Y/c1-26-18(7-8-27-9-11-28(12-10-27)13-14-33(2)32)25-19(20(29)22(26)31)21(30)24-15-16-3-5-17(23)6-4-16;/h3-6,29,33H,7-15H2,1-2H3,(H,24,30);. The molecule has 1 saturated heterocycles. The van der Waals surface area contributed by atoms with E-state index in [0.717, 1.165) is 38.9 Å². The van der Waals surface area contributed by atoms with Crippen molar-refractivity contribution in [2.45, 2.75) is 13.0 Å². The van der Waals surface area contributed by atoms with Gasteiger partial charge >= 0.3 is 0 Å². The SMILES string of the molecule is Cn1c(CCN2CCN(CC[PH](C)=O)CC2)nc(C(=O)NCc2ccc(F)cc2)c(O)c1=O.[Y]. The number of nitrogens with one attached hydrogen (secondary N) is 1. The predicted octanol–water partition coefficient (Wildman–Crippen LogP) is 0.902. The summed E-state index contributed by atoms with van der Waals surface area (Å²) < 4.78 is 25.6. The molecule has 34 heavy (non-hydrogen) atoms. The van der Waals surface area contributed by atoms with Gasteiger partial charge in [-0.1, -0.05) is 12.1 Å². The van der Waals surface area contributed by atoms with Crippen LogP contribution < -0.4 is 10.9 Å². The molecule has 1 amide bonds. The molecule has 0 saturated carbocycles. The van der Waals surface area contributed by atoms with E-state index in [2.05, 4.69) is 20.1 Å². The van der Waals surface area contributed by atoms with Gasteiger partial charge in [0.2, 0.25) is 5.75 Å². The Kier molecular flexibility index (Phi) is 11.5. The molecular formula is C22H31FN5O4PY. The monoisotopic (exact) mass is 568 g/mol. The fraction of sp³-hybridized carbons (Fsp3) is 0.500. The van der Waals surface area contributed by atoms with Crippen molar-refractivity contribution < 1.29 is 51.6 Å². The van der Waals surface area contributed by atoms with E-state index in [1.54, 1.807) is 18.8 Å². The minimum Gasteiger partial charge on any atom is -0.501 e. The first kappa shape index (κ1) is 28.8. The van der Waals surface area contributed by atoms with E-state index < -0.39 is 25.0 Å². The zero-order valence-corrected chi connectivity index (χ0v) is 23.4. The Balaban J connectivity index is 0.00000408. The molecule has 0 spiro atoms.